The second-order valence-corrected chi connectivity index (χ2v) is 6.12. The fraction of sp³-hybridized carbons (Fsp3) is 0.300. The van der Waals surface area contributed by atoms with Gasteiger partial charge in [-0.25, -0.2) is 0 Å². The Bertz CT molecular complexity index is 768. The van der Waals surface area contributed by atoms with E-state index in [-0.39, 0.29) is 18.2 Å². The van der Waals surface area contributed by atoms with Gasteiger partial charge < -0.3 is 20.3 Å². The van der Waals surface area contributed by atoms with Crippen LogP contribution in [0.4, 0.5) is 11.4 Å². The molecule has 1 saturated heterocycles. The third-order valence-electron chi connectivity index (χ3n) is 4.35. The van der Waals surface area contributed by atoms with Crippen molar-refractivity contribution in [3.05, 3.63) is 59.7 Å². The van der Waals surface area contributed by atoms with Crippen LogP contribution in [0.25, 0.3) is 0 Å². The minimum absolute atomic E-state index is 0.152. The number of rotatable bonds is 5. The number of hydrogen-bond donors (Lipinski definition) is 2. The highest BCUT2D eigenvalue weighted by Gasteiger charge is 2.13. The number of benzene rings is 2. The lowest BCUT2D eigenvalue weighted by molar-refractivity contribution is -0.115. The molecule has 1 fully saturated rings. The number of ether oxygens (including phenoxy) is 1. The average Bonchev–Trinajstić information content (AvgIpc) is 2.69. The molecule has 6 nitrogen and oxygen atoms in total. The first-order chi connectivity index (χ1) is 12.7. The maximum absolute atomic E-state index is 12.4. The molecule has 1 heterocycles. The van der Waals surface area contributed by atoms with Crippen molar-refractivity contribution in [2.45, 2.75) is 6.42 Å². The maximum atomic E-state index is 12.4. The van der Waals surface area contributed by atoms with Crippen LogP contribution >= 0.6 is 0 Å². The normalized spacial score (nSPS) is 14.0. The molecule has 0 radical (unpaired) electrons. The molecular weight excluding hydrogens is 330 g/mol. The van der Waals surface area contributed by atoms with Gasteiger partial charge in [-0.1, -0.05) is 24.3 Å². The Balaban J connectivity index is 1.62. The Labute approximate surface area is 153 Å². The summed E-state index contributed by atoms with van der Waals surface area (Å²) in [7, 11) is 1.57. The fourth-order valence-corrected chi connectivity index (χ4v) is 2.95. The highest BCUT2D eigenvalue weighted by Crippen LogP contribution is 2.18. The monoisotopic (exact) mass is 353 g/mol. The van der Waals surface area contributed by atoms with Gasteiger partial charge in [0.15, 0.2) is 0 Å². The van der Waals surface area contributed by atoms with Crippen molar-refractivity contribution in [3.8, 4) is 0 Å². The van der Waals surface area contributed by atoms with E-state index in [1.807, 2.05) is 24.3 Å². The largest absolute Gasteiger partial charge is 0.378 e. The number of para-hydroxylation sites is 1. The highest BCUT2D eigenvalue weighted by atomic mass is 16.5. The molecule has 0 atom stereocenters. The molecule has 0 bridgehead atoms. The SMILES string of the molecule is CNC(=O)c1ccccc1NC(=O)Cc1ccc(N2CCOCC2)cc1. The number of carbonyl (C=O) groups excluding carboxylic acids is 2. The van der Waals surface area contributed by atoms with Crippen LogP contribution in [0, 0.1) is 0 Å². The van der Waals surface area contributed by atoms with Gasteiger partial charge in [0.25, 0.3) is 5.91 Å². The van der Waals surface area contributed by atoms with E-state index in [4.69, 9.17) is 4.74 Å². The summed E-state index contributed by atoms with van der Waals surface area (Å²) in [6.07, 6.45) is 0.255. The zero-order valence-corrected chi connectivity index (χ0v) is 14.8. The lowest BCUT2D eigenvalue weighted by Crippen LogP contribution is -2.36. The van der Waals surface area contributed by atoms with E-state index in [9.17, 15) is 9.59 Å². The van der Waals surface area contributed by atoms with Crippen molar-refractivity contribution in [2.24, 2.45) is 0 Å². The van der Waals surface area contributed by atoms with Gasteiger partial charge in [0.2, 0.25) is 5.91 Å². The van der Waals surface area contributed by atoms with Gasteiger partial charge in [0.1, 0.15) is 0 Å². The average molecular weight is 353 g/mol. The summed E-state index contributed by atoms with van der Waals surface area (Å²) in [5.41, 5.74) is 3.03. The molecule has 0 aromatic heterocycles. The summed E-state index contributed by atoms with van der Waals surface area (Å²) >= 11 is 0. The van der Waals surface area contributed by atoms with Crippen LogP contribution in [-0.2, 0) is 16.0 Å². The van der Waals surface area contributed by atoms with Crippen LogP contribution in [0.15, 0.2) is 48.5 Å². The molecule has 0 unspecified atom stereocenters. The van der Waals surface area contributed by atoms with E-state index in [0.717, 1.165) is 37.6 Å². The van der Waals surface area contributed by atoms with E-state index in [2.05, 4.69) is 15.5 Å². The minimum atomic E-state index is -0.226. The molecule has 2 amide bonds. The van der Waals surface area contributed by atoms with Crippen molar-refractivity contribution in [3.63, 3.8) is 0 Å². The number of hydrogen-bond acceptors (Lipinski definition) is 4. The Morgan fingerprint density at radius 2 is 1.73 bits per heavy atom. The summed E-state index contributed by atoms with van der Waals surface area (Å²) in [5, 5.41) is 5.40. The number of carbonyl (C=O) groups is 2. The van der Waals surface area contributed by atoms with Crippen molar-refractivity contribution in [1.82, 2.24) is 5.32 Å². The Morgan fingerprint density at radius 3 is 2.42 bits per heavy atom. The summed E-state index contributed by atoms with van der Waals surface area (Å²) in [5.74, 6) is -0.378. The molecule has 1 aliphatic heterocycles. The Morgan fingerprint density at radius 1 is 1.04 bits per heavy atom. The van der Waals surface area contributed by atoms with Gasteiger partial charge in [-0.15, -0.1) is 0 Å². The Kier molecular flexibility index (Phi) is 5.86. The van der Waals surface area contributed by atoms with Gasteiger partial charge in [0, 0.05) is 25.8 Å². The third-order valence-corrected chi connectivity index (χ3v) is 4.35. The van der Waals surface area contributed by atoms with Crippen molar-refractivity contribution in [1.29, 1.82) is 0 Å². The predicted octanol–water partition coefficient (Wildman–Crippen LogP) is 2.06. The number of morpholine rings is 1. The van der Waals surface area contributed by atoms with Crippen molar-refractivity contribution < 1.29 is 14.3 Å². The minimum Gasteiger partial charge on any atom is -0.378 e. The molecule has 6 heteroatoms. The van der Waals surface area contributed by atoms with Crippen LogP contribution in [0.2, 0.25) is 0 Å². The summed E-state index contributed by atoms with van der Waals surface area (Å²) in [6, 6.07) is 15.0. The van der Waals surface area contributed by atoms with Gasteiger partial charge in [-0.3, -0.25) is 9.59 Å². The second kappa shape index (κ2) is 8.49. The van der Waals surface area contributed by atoms with Crippen LogP contribution in [0.5, 0.6) is 0 Å². The lowest BCUT2D eigenvalue weighted by atomic mass is 10.1. The lowest BCUT2D eigenvalue weighted by Gasteiger charge is -2.28. The standard InChI is InChI=1S/C20H23N3O3/c1-21-20(25)17-4-2-3-5-18(17)22-19(24)14-15-6-8-16(9-7-15)23-10-12-26-13-11-23/h2-9H,10-14H2,1H3,(H,21,25)(H,22,24). The van der Waals surface area contributed by atoms with Gasteiger partial charge in [0.05, 0.1) is 30.9 Å². The van der Waals surface area contributed by atoms with E-state index < -0.39 is 0 Å². The zero-order valence-electron chi connectivity index (χ0n) is 14.8. The van der Waals surface area contributed by atoms with Gasteiger partial charge in [-0.2, -0.15) is 0 Å². The number of amides is 2. The maximum Gasteiger partial charge on any atom is 0.253 e. The topological polar surface area (TPSA) is 70.7 Å². The molecule has 2 aromatic carbocycles. The molecule has 2 N–H and O–H groups in total. The van der Waals surface area contributed by atoms with E-state index in [1.54, 1.807) is 31.3 Å². The molecule has 2 aromatic rings. The van der Waals surface area contributed by atoms with Crippen LogP contribution in [0.3, 0.4) is 0 Å². The molecule has 3 rings (SSSR count). The van der Waals surface area contributed by atoms with Gasteiger partial charge >= 0.3 is 0 Å². The van der Waals surface area contributed by atoms with E-state index in [1.165, 1.54) is 0 Å². The summed E-state index contributed by atoms with van der Waals surface area (Å²) in [4.78, 5) is 26.5. The van der Waals surface area contributed by atoms with Crippen LogP contribution < -0.4 is 15.5 Å². The number of nitrogens with one attached hydrogen (secondary N) is 2. The molecule has 0 saturated carbocycles. The van der Waals surface area contributed by atoms with Crippen molar-refractivity contribution in [2.75, 3.05) is 43.6 Å². The fourth-order valence-electron chi connectivity index (χ4n) is 2.95. The number of anilines is 2. The first kappa shape index (κ1) is 17.9. The van der Waals surface area contributed by atoms with E-state index in [0.29, 0.717) is 11.3 Å². The molecule has 0 aliphatic carbocycles. The smallest absolute Gasteiger partial charge is 0.253 e. The first-order valence-electron chi connectivity index (χ1n) is 8.70. The Hall–Kier alpha value is -2.86. The van der Waals surface area contributed by atoms with Gasteiger partial charge in [-0.05, 0) is 29.8 Å². The first-order valence-corrected chi connectivity index (χ1v) is 8.70. The molecule has 0 spiro atoms. The number of nitrogens with zero attached hydrogens (tertiary/aromatic N) is 1. The zero-order chi connectivity index (χ0) is 18.4. The highest BCUT2D eigenvalue weighted by molar-refractivity contribution is 6.03. The quantitative estimate of drug-likeness (QED) is 0.863. The van der Waals surface area contributed by atoms with Crippen molar-refractivity contribution >= 4 is 23.2 Å². The summed E-state index contributed by atoms with van der Waals surface area (Å²) in [6.45, 7) is 3.26. The molecule has 136 valence electrons. The van der Waals surface area contributed by atoms with Crippen LogP contribution in [-0.4, -0.2) is 45.2 Å². The predicted molar refractivity (Wildman–Crippen MR) is 102 cm³/mol. The van der Waals surface area contributed by atoms with Crippen LogP contribution in [0.1, 0.15) is 15.9 Å². The molecule has 1 aliphatic rings. The third kappa shape index (κ3) is 4.40. The molecular formula is C20H23N3O3. The van der Waals surface area contributed by atoms with E-state index >= 15 is 0 Å². The molecule has 26 heavy (non-hydrogen) atoms. The summed E-state index contributed by atoms with van der Waals surface area (Å²) < 4.78 is 5.37. The second-order valence-electron chi connectivity index (χ2n) is 6.12.